The molecule has 0 spiro atoms. The van der Waals surface area contributed by atoms with Gasteiger partial charge in [-0.3, -0.25) is 0 Å². The topological polar surface area (TPSA) is 98.0 Å². The molecule has 1 aromatic carbocycles. The van der Waals surface area contributed by atoms with Crippen LogP contribution < -0.4 is 2.81 Å². The number of hydrogen-bond acceptors (Lipinski definition) is 2. The van der Waals surface area contributed by atoms with E-state index in [4.69, 9.17) is 24.4 Å². The van der Waals surface area contributed by atoms with Crippen molar-refractivity contribution in [3.63, 3.8) is 0 Å². The second kappa shape index (κ2) is 10.3. The van der Waals surface area contributed by atoms with Gasteiger partial charge in [-0.15, -0.1) is 0 Å². The van der Waals surface area contributed by atoms with Crippen LogP contribution in [-0.4, -0.2) is 54.3 Å². The molecule has 23 heavy (non-hydrogen) atoms. The van der Waals surface area contributed by atoms with Gasteiger partial charge < -0.3 is 19.8 Å². The molecule has 0 atom stereocenters. The van der Waals surface area contributed by atoms with Gasteiger partial charge in [-0.05, 0) is 6.92 Å². The van der Waals surface area contributed by atoms with E-state index in [2.05, 4.69) is 59.7 Å². The van der Waals surface area contributed by atoms with Crippen LogP contribution in [0.3, 0.4) is 0 Å². The van der Waals surface area contributed by atoms with Crippen molar-refractivity contribution in [1.29, 1.82) is 0 Å². The van der Waals surface area contributed by atoms with Crippen molar-refractivity contribution in [2.75, 3.05) is 6.61 Å². The Morgan fingerprint density at radius 1 is 1.00 bits per heavy atom. The summed E-state index contributed by atoms with van der Waals surface area (Å²) in [5, 5.41) is 7.57. The first kappa shape index (κ1) is 25.5. The molecule has 0 saturated heterocycles. The van der Waals surface area contributed by atoms with Crippen molar-refractivity contribution in [3.8, 4) is 0 Å². The SMILES string of the molecule is CC(C)(C)c1cc[c]([Na])c(C(C)(C)C)c1.CCO.O=P(O)(O)O. The van der Waals surface area contributed by atoms with E-state index in [0.717, 1.165) is 27.9 Å². The maximum Gasteiger partial charge on any atom is 0.466 e. The van der Waals surface area contributed by atoms with Gasteiger partial charge >= 0.3 is 120 Å². The normalized spacial score (nSPS) is 11.9. The fourth-order valence-electron chi connectivity index (χ4n) is 1.90. The van der Waals surface area contributed by atoms with Crippen molar-refractivity contribution in [2.24, 2.45) is 0 Å². The van der Waals surface area contributed by atoms with E-state index in [1.54, 1.807) is 6.92 Å². The number of rotatable bonds is 0. The van der Waals surface area contributed by atoms with Crippen LogP contribution in [-0.2, 0) is 15.4 Å². The number of benzene rings is 1. The summed E-state index contributed by atoms with van der Waals surface area (Å²) in [5.41, 5.74) is 3.52. The first-order chi connectivity index (χ1) is 10.0. The van der Waals surface area contributed by atoms with Gasteiger partial charge in [0.2, 0.25) is 0 Å². The number of hydrogen-bond donors (Lipinski definition) is 4. The zero-order valence-corrected chi connectivity index (χ0v) is 18.5. The summed E-state index contributed by atoms with van der Waals surface area (Å²) in [7, 11) is -4.64. The molecule has 0 amide bonds. The van der Waals surface area contributed by atoms with Crippen LogP contribution in [0.5, 0.6) is 0 Å². The summed E-state index contributed by atoms with van der Waals surface area (Å²) >= 11 is 1.14. The molecular weight excluding hydrogens is 326 g/mol. The maximum absolute atomic E-state index is 8.88. The molecule has 5 nitrogen and oxygen atoms in total. The molecule has 0 bridgehead atoms. The van der Waals surface area contributed by atoms with E-state index in [-0.39, 0.29) is 17.4 Å². The van der Waals surface area contributed by atoms with Crippen LogP contribution in [0.2, 0.25) is 0 Å². The molecule has 0 unspecified atom stereocenters. The Bertz CT molecular complexity index is 504. The first-order valence-corrected chi connectivity index (χ1v) is 10.1. The number of aliphatic hydroxyl groups is 1. The Balaban J connectivity index is 0. The van der Waals surface area contributed by atoms with Gasteiger partial charge in [-0.2, -0.15) is 0 Å². The van der Waals surface area contributed by atoms with Crippen LogP contribution in [0.25, 0.3) is 0 Å². The first-order valence-electron chi connectivity index (χ1n) is 7.54. The molecule has 0 fully saturated rings. The predicted octanol–water partition coefficient (Wildman–Crippen LogP) is 2.15. The summed E-state index contributed by atoms with van der Waals surface area (Å²) in [6.45, 7) is 15.7. The molecule has 1 rings (SSSR count). The fourth-order valence-corrected chi connectivity index (χ4v) is 2.96. The standard InChI is InChI=1S/C14H21.C2H6O.Na.H3O4P/c1-13(2,3)11-8-7-9-12(10-11)14(4,5)6;1-2-3;;1-5(2,3)4/h7-8,10H,1-6H3;3H,2H2,1H3;;(H3,1,2,3,4). The molecule has 0 heterocycles. The Labute approximate surface area is 157 Å². The van der Waals surface area contributed by atoms with E-state index in [1.807, 2.05) is 0 Å². The molecule has 7 heteroatoms. The molecule has 4 N–H and O–H groups in total. The van der Waals surface area contributed by atoms with Gasteiger partial charge in [0, 0.05) is 6.61 Å². The summed E-state index contributed by atoms with van der Waals surface area (Å²) in [4.78, 5) is 21.6. The maximum atomic E-state index is 8.88. The Morgan fingerprint density at radius 2 is 1.35 bits per heavy atom. The third-order valence-corrected chi connectivity index (χ3v) is 3.78. The third kappa shape index (κ3) is 14.3. The molecule has 0 radical (unpaired) electrons. The molecule has 0 aliphatic carbocycles. The molecule has 0 aliphatic rings. The van der Waals surface area contributed by atoms with Crippen molar-refractivity contribution in [1.82, 2.24) is 0 Å². The average molecular weight is 356 g/mol. The van der Waals surface area contributed by atoms with E-state index in [0.29, 0.717) is 0 Å². The quantitative estimate of drug-likeness (QED) is 0.422. The molecular formula is C16H30NaO5P. The van der Waals surface area contributed by atoms with Gasteiger partial charge in [0.15, 0.2) is 0 Å². The molecule has 1 aromatic rings. The zero-order valence-electron chi connectivity index (χ0n) is 15.6. The molecule has 0 aliphatic heterocycles. The predicted molar refractivity (Wildman–Crippen MR) is 96.3 cm³/mol. The van der Waals surface area contributed by atoms with Crippen molar-refractivity contribution in [2.45, 2.75) is 59.3 Å². The molecule has 130 valence electrons. The van der Waals surface area contributed by atoms with Crippen LogP contribution in [0, 0.1) is 0 Å². The summed E-state index contributed by atoms with van der Waals surface area (Å²) in [5.74, 6) is 0. The summed E-state index contributed by atoms with van der Waals surface area (Å²) in [6, 6.07) is 7.01. The average Bonchev–Trinajstić information content (AvgIpc) is 2.24. The van der Waals surface area contributed by atoms with Crippen molar-refractivity contribution in [3.05, 3.63) is 29.3 Å². The van der Waals surface area contributed by atoms with Crippen LogP contribution >= 0.6 is 7.82 Å². The van der Waals surface area contributed by atoms with E-state index >= 15 is 0 Å². The van der Waals surface area contributed by atoms with Crippen molar-refractivity contribution < 1.29 is 24.4 Å². The Morgan fingerprint density at radius 3 is 1.61 bits per heavy atom. The van der Waals surface area contributed by atoms with E-state index in [9.17, 15) is 0 Å². The van der Waals surface area contributed by atoms with Gasteiger partial charge in [-0.25, -0.2) is 4.57 Å². The Kier molecular flexibility index (Phi) is 11.5. The summed E-state index contributed by atoms with van der Waals surface area (Å²) < 4.78 is 10.4. The minimum Gasteiger partial charge on any atom is -0.397 e. The Hall–Kier alpha value is 0.290. The van der Waals surface area contributed by atoms with E-state index < -0.39 is 7.82 Å². The second-order valence-electron chi connectivity index (χ2n) is 7.36. The third-order valence-electron chi connectivity index (χ3n) is 2.91. The molecule has 0 aromatic heterocycles. The van der Waals surface area contributed by atoms with Gasteiger partial charge in [-0.1, -0.05) is 0 Å². The number of phosphoric acid groups is 1. The largest absolute Gasteiger partial charge is 0.466 e. The summed E-state index contributed by atoms with van der Waals surface area (Å²) in [6.07, 6.45) is 0. The second-order valence-corrected chi connectivity index (χ2v) is 9.46. The van der Waals surface area contributed by atoms with Crippen molar-refractivity contribution >= 4 is 38.6 Å². The molecule has 0 saturated carbocycles. The minimum atomic E-state index is -4.64. The van der Waals surface area contributed by atoms with Crippen LogP contribution in [0.1, 0.15) is 59.6 Å². The monoisotopic (exact) mass is 356 g/mol. The number of aliphatic hydroxyl groups excluding tert-OH is 1. The van der Waals surface area contributed by atoms with Crippen LogP contribution in [0.15, 0.2) is 18.2 Å². The fraction of sp³-hybridized carbons (Fsp3) is 0.625. The smallest absolute Gasteiger partial charge is 0.397 e. The van der Waals surface area contributed by atoms with Gasteiger partial charge in [0.05, 0.1) is 0 Å². The van der Waals surface area contributed by atoms with Crippen LogP contribution in [0.4, 0.5) is 0 Å². The van der Waals surface area contributed by atoms with E-state index in [1.165, 1.54) is 13.9 Å². The van der Waals surface area contributed by atoms with Gasteiger partial charge in [0.25, 0.3) is 0 Å². The zero-order chi connectivity index (χ0) is 19.1. The minimum absolute atomic E-state index is 0.250. The van der Waals surface area contributed by atoms with Gasteiger partial charge in [0.1, 0.15) is 0 Å².